The van der Waals surface area contributed by atoms with Gasteiger partial charge in [-0.15, -0.1) is 0 Å². The lowest BCUT2D eigenvalue weighted by atomic mass is 10.2. The van der Waals surface area contributed by atoms with Crippen molar-refractivity contribution in [2.75, 3.05) is 26.7 Å². The van der Waals surface area contributed by atoms with E-state index in [4.69, 9.17) is 11.6 Å². The van der Waals surface area contributed by atoms with Gasteiger partial charge in [0.05, 0.1) is 0 Å². The van der Waals surface area contributed by atoms with Gasteiger partial charge in [0.2, 0.25) is 5.91 Å². The monoisotopic (exact) mass is 344 g/mol. The predicted molar refractivity (Wildman–Crippen MR) is 77.3 cm³/mol. The number of rotatable bonds is 1. The highest BCUT2D eigenvalue weighted by Crippen LogP contribution is 2.21. The fourth-order valence-corrected chi connectivity index (χ4v) is 2.88. The highest BCUT2D eigenvalue weighted by Gasteiger charge is 2.24. The Balaban J connectivity index is 2.21. The van der Waals surface area contributed by atoms with Crippen LogP contribution in [0, 0.1) is 0 Å². The number of hydrogen-bond donors (Lipinski definition) is 0. The topological polar surface area (TPSA) is 40.6 Å². The van der Waals surface area contributed by atoms with Crippen LogP contribution in [-0.2, 0) is 4.79 Å². The molecule has 4 nitrogen and oxygen atoms in total. The molecule has 2 rings (SSSR count). The number of carbonyl (C=O) groups excluding carboxylic acids is 2. The first kappa shape index (κ1) is 14.3. The summed E-state index contributed by atoms with van der Waals surface area (Å²) in [4.78, 5) is 27.4. The van der Waals surface area contributed by atoms with Gasteiger partial charge in [-0.3, -0.25) is 9.59 Å². The van der Waals surface area contributed by atoms with Crippen LogP contribution in [0.3, 0.4) is 0 Å². The molecule has 0 aromatic heterocycles. The van der Waals surface area contributed by atoms with E-state index in [1.54, 1.807) is 35.0 Å². The third kappa shape index (κ3) is 3.48. The van der Waals surface area contributed by atoms with Crippen LogP contribution in [0.15, 0.2) is 22.7 Å². The molecule has 1 heterocycles. The zero-order valence-corrected chi connectivity index (χ0v) is 12.9. The zero-order valence-electron chi connectivity index (χ0n) is 10.5. The van der Waals surface area contributed by atoms with Crippen molar-refractivity contribution in [3.8, 4) is 0 Å². The summed E-state index contributed by atoms with van der Waals surface area (Å²) in [6.07, 6.45) is 0.787. The Morgan fingerprint density at radius 2 is 2.05 bits per heavy atom. The Bertz CT molecular complexity index is 501. The molecule has 0 N–H and O–H groups in total. The van der Waals surface area contributed by atoms with Gasteiger partial charge in [-0.25, -0.2) is 0 Å². The molecule has 0 radical (unpaired) electrons. The molecule has 0 aliphatic carbocycles. The number of nitrogens with zero attached hydrogens (tertiary/aromatic N) is 2. The number of likely N-dealkylation sites (N-methyl/N-ethyl adjacent to an activating group) is 1. The first-order valence-corrected chi connectivity index (χ1v) is 7.14. The minimum Gasteiger partial charge on any atom is -0.344 e. The molecular weight excluding hydrogens is 332 g/mol. The molecule has 2 amide bonds. The molecule has 6 heteroatoms. The number of amides is 2. The van der Waals surface area contributed by atoms with Crippen molar-refractivity contribution >= 4 is 39.3 Å². The molecule has 1 aliphatic heterocycles. The Kier molecular flexibility index (Phi) is 4.47. The lowest BCUT2D eigenvalue weighted by molar-refractivity contribution is -0.129. The summed E-state index contributed by atoms with van der Waals surface area (Å²) in [5.41, 5.74) is 0.497. The summed E-state index contributed by atoms with van der Waals surface area (Å²) in [6, 6.07) is 5.06. The Hall–Kier alpha value is -1.07. The average Bonchev–Trinajstić information content (AvgIpc) is 2.50. The third-order valence-corrected chi connectivity index (χ3v) is 3.75. The second-order valence-corrected chi connectivity index (χ2v) is 5.91. The number of hydrogen-bond acceptors (Lipinski definition) is 2. The van der Waals surface area contributed by atoms with E-state index in [2.05, 4.69) is 15.9 Å². The first-order chi connectivity index (χ1) is 8.97. The van der Waals surface area contributed by atoms with E-state index < -0.39 is 0 Å². The highest BCUT2D eigenvalue weighted by molar-refractivity contribution is 9.10. The number of carbonyl (C=O) groups is 2. The van der Waals surface area contributed by atoms with Gasteiger partial charge in [-0.2, -0.15) is 0 Å². The van der Waals surface area contributed by atoms with Crippen molar-refractivity contribution in [1.29, 1.82) is 0 Å². The van der Waals surface area contributed by atoms with Crippen LogP contribution in [0.5, 0.6) is 0 Å². The van der Waals surface area contributed by atoms with Crippen molar-refractivity contribution in [3.05, 3.63) is 33.3 Å². The molecule has 1 saturated heterocycles. The van der Waals surface area contributed by atoms with Crippen molar-refractivity contribution in [2.24, 2.45) is 0 Å². The largest absolute Gasteiger partial charge is 0.344 e. The summed E-state index contributed by atoms with van der Waals surface area (Å²) in [6.45, 7) is 1.39. The molecule has 0 saturated carbocycles. The molecule has 1 aliphatic rings. The minimum atomic E-state index is -0.160. The van der Waals surface area contributed by atoms with Crippen LogP contribution < -0.4 is 0 Å². The molecular formula is C13H14BrClN2O2. The second kappa shape index (κ2) is 5.92. The maximum atomic E-state index is 12.4. The summed E-state index contributed by atoms with van der Waals surface area (Å²) >= 11 is 9.25. The SMILES string of the molecule is CN1CCCN(C(=O)c2cc(Cl)cc(Br)c2)CC1=O. The van der Waals surface area contributed by atoms with Crippen LogP contribution in [0.25, 0.3) is 0 Å². The Labute approximate surface area is 125 Å². The van der Waals surface area contributed by atoms with Gasteiger partial charge in [0.1, 0.15) is 6.54 Å². The number of benzene rings is 1. The van der Waals surface area contributed by atoms with Gasteiger partial charge in [-0.1, -0.05) is 27.5 Å². The van der Waals surface area contributed by atoms with Gasteiger partial charge in [0.25, 0.3) is 5.91 Å². The summed E-state index contributed by atoms with van der Waals surface area (Å²) < 4.78 is 0.751. The van der Waals surface area contributed by atoms with E-state index in [0.29, 0.717) is 23.7 Å². The molecule has 1 aromatic rings. The molecule has 102 valence electrons. The number of halogens is 2. The standard InChI is InChI=1S/C13H14BrClN2O2/c1-16-3-2-4-17(8-12(16)18)13(19)9-5-10(14)7-11(15)6-9/h5-7H,2-4,8H2,1H3. The third-order valence-electron chi connectivity index (χ3n) is 3.07. The van der Waals surface area contributed by atoms with Gasteiger partial charge < -0.3 is 9.80 Å². The minimum absolute atomic E-state index is 0.0352. The van der Waals surface area contributed by atoms with E-state index in [1.807, 2.05) is 0 Å². The van der Waals surface area contributed by atoms with Gasteiger partial charge in [0, 0.05) is 35.2 Å². The maximum Gasteiger partial charge on any atom is 0.254 e. The van der Waals surface area contributed by atoms with E-state index in [9.17, 15) is 9.59 Å². The van der Waals surface area contributed by atoms with Crippen molar-refractivity contribution in [3.63, 3.8) is 0 Å². The lowest BCUT2D eigenvalue weighted by Crippen LogP contribution is -2.38. The Morgan fingerprint density at radius 3 is 2.74 bits per heavy atom. The molecule has 0 bridgehead atoms. The highest BCUT2D eigenvalue weighted by atomic mass is 79.9. The van der Waals surface area contributed by atoms with Crippen molar-refractivity contribution in [2.45, 2.75) is 6.42 Å². The average molecular weight is 346 g/mol. The van der Waals surface area contributed by atoms with Crippen LogP contribution in [0.4, 0.5) is 0 Å². The van der Waals surface area contributed by atoms with Crippen molar-refractivity contribution in [1.82, 2.24) is 9.80 Å². The molecule has 1 fully saturated rings. The molecule has 0 atom stereocenters. The van der Waals surface area contributed by atoms with E-state index in [-0.39, 0.29) is 18.4 Å². The normalized spacial score (nSPS) is 16.5. The molecule has 0 unspecified atom stereocenters. The van der Waals surface area contributed by atoms with Crippen molar-refractivity contribution < 1.29 is 9.59 Å². The van der Waals surface area contributed by atoms with Crippen LogP contribution in [-0.4, -0.2) is 48.3 Å². The smallest absolute Gasteiger partial charge is 0.254 e. The molecule has 1 aromatic carbocycles. The van der Waals surface area contributed by atoms with Crippen LogP contribution >= 0.6 is 27.5 Å². The van der Waals surface area contributed by atoms with Crippen LogP contribution in [0.2, 0.25) is 5.02 Å². The predicted octanol–water partition coefficient (Wildman–Crippen LogP) is 2.41. The maximum absolute atomic E-state index is 12.4. The molecule has 19 heavy (non-hydrogen) atoms. The van der Waals surface area contributed by atoms with Gasteiger partial charge >= 0.3 is 0 Å². The summed E-state index contributed by atoms with van der Waals surface area (Å²) in [5, 5.41) is 0.496. The lowest BCUT2D eigenvalue weighted by Gasteiger charge is -2.20. The quantitative estimate of drug-likeness (QED) is 0.784. The second-order valence-electron chi connectivity index (χ2n) is 4.55. The molecule has 0 spiro atoms. The van der Waals surface area contributed by atoms with Gasteiger partial charge in [0.15, 0.2) is 0 Å². The van der Waals surface area contributed by atoms with E-state index in [0.717, 1.165) is 10.9 Å². The summed E-state index contributed by atoms with van der Waals surface area (Å²) in [5.74, 6) is -0.196. The first-order valence-electron chi connectivity index (χ1n) is 5.96. The Morgan fingerprint density at radius 1 is 1.32 bits per heavy atom. The van der Waals surface area contributed by atoms with Gasteiger partial charge in [-0.05, 0) is 24.6 Å². The van der Waals surface area contributed by atoms with Crippen LogP contribution in [0.1, 0.15) is 16.8 Å². The summed E-state index contributed by atoms with van der Waals surface area (Å²) in [7, 11) is 1.76. The fourth-order valence-electron chi connectivity index (χ4n) is 2.02. The fraction of sp³-hybridized carbons (Fsp3) is 0.385. The van der Waals surface area contributed by atoms with E-state index >= 15 is 0 Å². The zero-order chi connectivity index (χ0) is 14.0. The van der Waals surface area contributed by atoms with E-state index in [1.165, 1.54) is 0 Å².